The summed E-state index contributed by atoms with van der Waals surface area (Å²) in [6.45, 7) is 4.02. The number of amides is 1. The number of nitrogens with one attached hydrogen (secondary N) is 3. The van der Waals surface area contributed by atoms with Crippen molar-refractivity contribution in [1.82, 2.24) is 39.5 Å². The average molecular weight is 523 g/mol. The second kappa shape index (κ2) is 10.7. The quantitative estimate of drug-likeness (QED) is 0.319. The molecule has 5 heterocycles. The molecule has 1 atom stereocenters. The molecule has 4 aromatic rings. The van der Waals surface area contributed by atoms with Gasteiger partial charge in [-0.1, -0.05) is 0 Å². The summed E-state index contributed by atoms with van der Waals surface area (Å²) < 4.78 is 20.9. The number of fused-ring (bicyclic) bond motifs is 1. The molecule has 1 aliphatic rings. The fourth-order valence-electron chi connectivity index (χ4n) is 4.61. The summed E-state index contributed by atoms with van der Waals surface area (Å²) in [4.78, 5) is 33.8. The van der Waals surface area contributed by atoms with Gasteiger partial charge in [0.25, 0.3) is 5.88 Å². The van der Waals surface area contributed by atoms with Crippen LogP contribution in [0.4, 0.5) is 21.8 Å². The van der Waals surface area contributed by atoms with E-state index in [-0.39, 0.29) is 0 Å². The molecule has 1 fully saturated rings. The van der Waals surface area contributed by atoms with Crippen molar-refractivity contribution >= 4 is 34.3 Å². The van der Waals surface area contributed by atoms with Crippen LogP contribution < -0.4 is 15.4 Å². The van der Waals surface area contributed by atoms with Crippen molar-refractivity contribution < 1.29 is 13.9 Å². The number of aryl methyl sites for hydroxylation is 2. The van der Waals surface area contributed by atoms with Crippen molar-refractivity contribution in [1.29, 1.82) is 0 Å². The first kappa shape index (κ1) is 25.5. The number of piperazine rings is 1. The fourth-order valence-corrected chi connectivity index (χ4v) is 4.61. The lowest BCUT2D eigenvalue weighted by Gasteiger charge is -2.36. The number of methoxy groups -OCH3 is 1. The summed E-state index contributed by atoms with van der Waals surface area (Å²) in [7, 11) is 5.36. The van der Waals surface area contributed by atoms with Gasteiger partial charge in [-0.2, -0.15) is 0 Å². The number of anilines is 3. The Morgan fingerprint density at radius 3 is 2.76 bits per heavy atom. The number of pyridine rings is 1. The van der Waals surface area contributed by atoms with Crippen LogP contribution in [0.2, 0.25) is 0 Å². The molecule has 38 heavy (non-hydrogen) atoms. The first-order chi connectivity index (χ1) is 18.4. The molecular weight excluding hydrogens is 491 g/mol. The molecule has 0 radical (unpaired) electrons. The molecule has 200 valence electrons. The number of alkyl halides is 1. The Balaban J connectivity index is 1.41. The van der Waals surface area contributed by atoms with Gasteiger partial charge in [0.15, 0.2) is 5.82 Å². The molecule has 0 spiro atoms. The van der Waals surface area contributed by atoms with E-state index in [0.29, 0.717) is 47.6 Å². The molecular formula is C25H31FN10O2. The number of likely N-dealkylation sites (N-methyl/N-ethyl adjacent to an activating group) is 1. The van der Waals surface area contributed by atoms with Crippen LogP contribution in [0.15, 0.2) is 30.9 Å². The van der Waals surface area contributed by atoms with Crippen molar-refractivity contribution in [3.8, 4) is 17.1 Å². The van der Waals surface area contributed by atoms with Gasteiger partial charge in [0.2, 0.25) is 11.9 Å². The summed E-state index contributed by atoms with van der Waals surface area (Å²) in [6, 6.07) is 0.986. The number of ether oxygens (including phenoxy) is 1. The molecule has 0 bridgehead atoms. The van der Waals surface area contributed by atoms with Crippen LogP contribution in [-0.2, 0) is 11.8 Å². The van der Waals surface area contributed by atoms with Crippen molar-refractivity contribution in [2.75, 3.05) is 57.6 Å². The summed E-state index contributed by atoms with van der Waals surface area (Å²) >= 11 is 0. The monoisotopic (exact) mass is 522 g/mol. The van der Waals surface area contributed by atoms with E-state index >= 15 is 0 Å². The molecule has 0 aromatic carbocycles. The molecule has 1 aliphatic heterocycles. The van der Waals surface area contributed by atoms with Crippen LogP contribution >= 0.6 is 0 Å². The summed E-state index contributed by atoms with van der Waals surface area (Å²) in [6.07, 6.45) is 6.95. The maximum absolute atomic E-state index is 13.9. The number of hydrogen-bond acceptors (Lipinski definition) is 9. The van der Waals surface area contributed by atoms with E-state index in [1.54, 1.807) is 37.4 Å². The highest BCUT2D eigenvalue weighted by atomic mass is 19.1. The third kappa shape index (κ3) is 5.02. The number of hydrogen-bond donors (Lipinski definition) is 3. The number of aromatic nitrogens is 6. The predicted molar refractivity (Wildman–Crippen MR) is 142 cm³/mol. The number of H-pyrrole nitrogens is 1. The van der Waals surface area contributed by atoms with Gasteiger partial charge in [-0.15, -0.1) is 5.10 Å². The molecule has 0 saturated carbocycles. The van der Waals surface area contributed by atoms with E-state index < -0.39 is 18.6 Å². The van der Waals surface area contributed by atoms with Gasteiger partial charge in [0, 0.05) is 62.8 Å². The molecule has 4 aromatic heterocycles. The number of nitrogens with zero attached hydrogens (tertiary/aromatic N) is 7. The van der Waals surface area contributed by atoms with Crippen LogP contribution in [0, 0.1) is 6.92 Å². The normalized spacial score (nSPS) is 15.5. The Hall–Kier alpha value is -4.10. The molecule has 3 N–H and O–H groups in total. The minimum atomic E-state index is -0.864. The number of aromatic amines is 1. The van der Waals surface area contributed by atoms with Gasteiger partial charge in [0.05, 0.1) is 24.5 Å². The van der Waals surface area contributed by atoms with Crippen molar-refractivity contribution in [3.63, 3.8) is 0 Å². The fraction of sp³-hybridized carbons (Fsp3) is 0.400. The lowest BCUT2D eigenvalue weighted by Crippen LogP contribution is -2.53. The molecule has 12 nitrogen and oxygen atoms in total. The highest BCUT2D eigenvalue weighted by Crippen LogP contribution is 2.33. The highest BCUT2D eigenvalue weighted by molar-refractivity contribution is 6.05. The topological polar surface area (TPSA) is 129 Å². The van der Waals surface area contributed by atoms with Crippen molar-refractivity contribution in [2.24, 2.45) is 7.05 Å². The molecule has 5 rings (SSSR count). The lowest BCUT2D eigenvalue weighted by atomic mass is 10.1. The highest BCUT2D eigenvalue weighted by Gasteiger charge is 2.29. The van der Waals surface area contributed by atoms with Crippen LogP contribution in [0.1, 0.15) is 5.56 Å². The van der Waals surface area contributed by atoms with E-state index in [9.17, 15) is 9.18 Å². The average Bonchev–Trinajstić information content (AvgIpc) is 3.50. The predicted octanol–water partition coefficient (Wildman–Crippen LogP) is 2.34. The van der Waals surface area contributed by atoms with Gasteiger partial charge >= 0.3 is 0 Å². The standard InChI is InChI=1S/C25H31FN10O2/c1-15-12-29-25(30-18-14-35(3)33-24(18)38-4)31-20(15)17-13-28-21-16(17)5-6-27-22(21)32-23(37)19(11-26)36-9-7-34(2)8-10-36/h5-6,12-14,19,28H,7-11H2,1-4H3,(H,27,32,37)(H,29,30,31)/t19-/m1/s1. The third-order valence-electron chi connectivity index (χ3n) is 6.73. The number of halogens is 1. The van der Waals surface area contributed by atoms with Gasteiger partial charge in [-0.25, -0.2) is 19.3 Å². The van der Waals surface area contributed by atoms with Gasteiger partial charge < -0.3 is 25.3 Å². The van der Waals surface area contributed by atoms with Gasteiger partial charge in [-0.05, 0) is 25.6 Å². The van der Waals surface area contributed by atoms with Crippen molar-refractivity contribution in [3.05, 3.63) is 36.4 Å². The first-order valence-corrected chi connectivity index (χ1v) is 12.3. The zero-order chi connectivity index (χ0) is 26.8. The number of carbonyl (C=O) groups excluding carboxylic acids is 1. The molecule has 13 heteroatoms. The zero-order valence-corrected chi connectivity index (χ0v) is 21.8. The third-order valence-corrected chi connectivity index (χ3v) is 6.73. The Kier molecular flexibility index (Phi) is 7.20. The van der Waals surface area contributed by atoms with E-state index in [1.807, 2.05) is 31.1 Å². The summed E-state index contributed by atoms with van der Waals surface area (Å²) in [5, 5.41) is 11.1. The molecule has 1 saturated heterocycles. The Morgan fingerprint density at radius 1 is 1.24 bits per heavy atom. The minimum Gasteiger partial charge on any atom is -0.478 e. The van der Waals surface area contributed by atoms with E-state index in [1.165, 1.54) is 0 Å². The van der Waals surface area contributed by atoms with E-state index in [2.05, 4.69) is 35.6 Å². The maximum Gasteiger partial charge on any atom is 0.256 e. The van der Waals surface area contributed by atoms with Crippen LogP contribution in [-0.4, -0.2) is 98.5 Å². The summed E-state index contributed by atoms with van der Waals surface area (Å²) in [5.41, 5.74) is 3.66. The van der Waals surface area contributed by atoms with E-state index in [0.717, 1.165) is 29.6 Å². The molecule has 1 amide bonds. The lowest BCUT2D eigenvalue weighted by molar-refractivity contribution is -0.122. The second-order valence-electron chi connectivity index (χ2n) is 9.36. The number of carbonyl (C=O) groups is 1. The SMILES string of the molecule is COc1nn(C)cc1Nc1ncc(C)c(-c2c[nH]c3c(NC(=O)[C@@H](CF)N4CCN(C)CC4)nccc23)n1. The minimum absolute atomic E-state index is 0.344. The first-order valence-electron chi connectivity index (χ1n) is 12.3. The Morgan fingerprint density at radius 2 is 2.03 bits per heavy atom. The van der Waals surface area contributed by atoms with Gasteiger partial charge in [0.1, 0.15) is 18.4 Å². The molecule has 0 unspecified atom stereocenters. The van der Waals surface area contributed by atoms with E-state index in [4.69, 9.17) is 9.72 Å². The Bertz CT molecular complexity index is 1440. The molecule has 0 aliphatic carbocycles. The van der Waals surface area contributed by atoms with Crippen LogP contribution in [0.5, 0.6) is 5.88 Å². The summed E-state index contributed by atoms with van der Waals surface area (Å²) in [5.74, 6) is 0.742. The van der Waals surface area contributed by atoms with Crippen LogP contribution in [0.3, 0.4) is 0 Å². The zero-order valence-electron chi connectivity index (χ0n) is 21.8. The number of rotatable bonds is 8. The van der Waals surface area contributed by atoms with Gasteiger partial charge in [-0.3, -0.25) is 14.4 Å². The largest absolute Gasteiger partial charge is 0.478 e. The smallest absolute Gasteiger partial charge is 0.256 e. The second-order valence-corrected chi connectivity index (χ2v) is 9.36. The Labute approximate surface area is 219 Å². The van der Waals surface area contributed by atoms with Crippen molar-refractivity contribution in [2.45, 2.75) is 13.0 Å². The maximum atomic E-state index is 13.9. The van der Waals surface area contributed by atoms with Crippen LogP contribution in [0.25, 0.3) is 22.2 Å².